The van der Waals surface area contributed by atoms with Crippen LogP contribution in [0, 0.1) is 0 Å². The highest BCUT2D eigenvalue weighted by Gasteiger charge is 2.18. The number of aromatic nitrogens is 2. The summed E-state index contributed by atoms with van der Waals surface area (Å²) in [5.74, 6) is 0.826. The van der Waals surface area contributed by atoms with E-state index in [1.165, 1.54) is 25.9 Å². The summed E-state index contributed by atoms with van der Waals surface area (Å²) < 4.78 is 0. The minimum atomic E-state index is 0.292. The molecule has 0 saturated carbocycles. The molecule has 20 heavy (non-hydrogen) atoms. The van der Waals surface area contributed by atoms with Crippen molar-refractivity contribution in [2.75, 3.05) is 25.0 Å². The van der Waals surface area contributed by atoms with Gasteiger partial charge < -0.3 is 5.32 Å². The molecule has 1 aliphatic heterocycles. The maximum Gasteiger partial charge on any atom is 0.224 e. The fourth-order valence-corrected chi connectivity index (χ4v) is 2.91. The molecule has 5 heteroatoms. The zero-order chi connectivity index (χ0) is 13.9. The van der Waals surface area contributed by atoms with Gasteiger partial charge in [0.25, 0.3) is 0 Å². The van der Waals surface area contributed by atoms with Gasteiger partial charge in [0.05, 0.1) is 5.52 Å². The van der Waals surface area contributed by atoms with Gasteiger partial charge in [-0.05, 0) is 56.6 Å². The van der Waals surface area contributed by atoms with Gasteiger partial charge in [-0.2, -0.15) is 0 Å². The number of para-hydroxylation sites is 1. The first kappa shape index (κ1) is 13.6. The van der Waals surface area contributed by atoms with Crippen molar-refractivity contribution in [3.05, 3.63) is 29.5 Å². The standard InChI is InChI=1S/C15H19ClN4/c1-11(20-8-4-5-9-20)10-17-14-12-6-2-3-7-13(12)18-15(16)19-14/h2-3,6-7,11H,4-5,8-10H2,1H3,(H,17,18,19). The molecular weight excluding hydrogens is 272 g/mol. The number of rotatable bonds is 4. The van der Waals surface area contributed by atoms with E-state index in [2.05, 4.69) is 27.1 Å². The molecule has 0 aliphatic carbocycles. The van der Waals surface area contributed by atoms with E-state index in [1.807, 2.05) is 24.3 Å². The van der Waals surface area contributed by atoms with Crippen LogP contribution in [0.5, 0.6) is 0 Å². The molecule has 1 unspecified atom stereocenters. The van der Waals surface area contributed by atoms with Crippen molar-refractivity contribution < 1.29 is 0 Å². The fourth-order valence-electron chi connectivity index (χ4n) is 2.74. The highest BCUT2D eigenvalue weighted by atomic mass is 35.5. The molecule has 1 aliphatic rings. The molecule has 2 heterocycles. The van der Waals surface area contributed by atoms with Crippen molar-refractivity contribution in [2.45, 2.75) is 25.8 Å². The molecule has 1 N–H and O–H groups in total. The monoisotopic (exact) mass is 290 g/mol. The van der Waals surface area contributed by atoms with Gasteiger partial charge in [-0.3, -0.25) is 4.90 Å². The number of fused-ring (bicyclic) bond motifs is 1. The summed E-state index contributed by atoms with van der Waals surface area (Å²) in [6.07, 6.45) is 2.62. The molecular formula is C15H19ClN4. The Kier molecular flexibility index (Phi) is 4.03. The molecule has 1 aromatic carbocycles. The van der Waals surface area contributed by atoms with Gasteiger partial charge in [0.2, 0.25) is 5.28 Å². The van der Waals surface area contributed by atoms with Crippen molar-refractivity contribution in [1.29, 1.82) is 0 Å². The maximum absolute atomic E-state index is 5.99. The van der Waals surface area contributed by atoms with E-state index in [0.717, 1.165) is 23.3 Å². The molecule has 106 valence electrons. The van der Waals surface area contributed by atoms with Crippen LogP contribution in [-0.4, -0.2) is 40.5 Å². The van der Waals surface area contributed by atoms with Crippen molar-refractivity contribution in [3.8, 4) is 0 Å². The second-order valence-electron chi connectivity index (χ2n) is 5.33. The summed E-state index contributed by atoms with van der Waals surface area (Å²) >= 11 is 5.99. The number of hydrogen-bond donors (Lipinski definition) is 1. The van der Waals surface area contributed by atoms with Crippen molar-refractivity contribution in [1.82, 2.24) is 14.9 Å². The summed E-state index contributed by atoms with van der Waals surface area (Å²) in [6, 6.07) is 8.44. The number of likely N-dealkylation sites (tertiary alicyclic amines) is 1. The molecule has 0 radical (unpaired) electrons. The molecule has 0 spiro atoms. The third-order valence-corrected chi connectivity index (χ3v) is 4.07. The van der Waals surface area contributed by atoms with Gasteiger partial charge in [0, 0.05) is 18.0 Å². The maximum atomic E-state index is 5.99. The number of nitrogens with zero attached hydrogens (tertiary/aromatic N) is 3. The SMILES string of the molecule is CC(CNc1nc(Cl)nc2ccccc12)N1CCCC1. The lowest BCUT2D eigenvalue weighted by Crippen LogP contribution is -2.35. The van der Waals surface area contributed by atoms with Crippen LogP contribution in [0.1, 0.15) is 19.8 Å². The molecule has 1 saturated heterocycles. The molecule has 2 aromatic rings. The first-order chi connectivity index (χ1) is 9.74. The van der Waals surface area contributed by atoms with Crippen LogP contribution >= 0.6 is 11.6 Å². The smallest absolute Gasteiger partial charge is 0.224 e. The number of halogens is 1. The van der Waals surface area contributed by atoms with Crippen LogP contribution in [0.15, 0.2) is 24.3 Å². The predicted molar refractivity (Wildman–Crippen MR) is 83.3 cm³/mol. The third-order valence-electron chi connectivity index (χ3n) is 3.90. The minimum absolute atomic E-state index is 0.292. The Morgan fingerprint density at radius 1 is 1.25 bits per heavy atom. The fraction of sp³-hybridized carbons (Fsp3) is 0.467. The summed E-state index contributed by atoms with van der Waals surface area (Å²) in [4.78, 5) is 11.1. The van der Waals surface area contributed by atoms with E-state index < -0.39 is 0 Å². The summed E-state index contributed by atoms with van der Waals surface area (Å²) in [7, 11) is 0. The third kappa shape index (κ3) is 2.86. The second-order valence-corrected chi connectivity index (χ2v) is 5.67. The van der Waals surface area contributed by atoms with Gasteiger partial charge >= 0.3 is 0 Å². The van der Waals surface area contributed by atoms with Crippen LogP contribution in [0.2, 0.25) is 5.28 Å². The van der Waals surface area contributed by atoms with Gasteiger partial charge in [-0.25, -0.2) is 9.97 Å². The first-order valence-electron chi connectivity index (χ1n) is 7.14. The van der Waals surface area contributed by atoms with Crippen LogP contribution in [0.3, 0.4) is 0 Å². The molecule has 3 rings (SSSR count). The predicted octanol–water partition coefficient (Wildman–Crippen LogP) is 3.18. The highest BCUT2D eigenvalue weighted by Crippen LogP contribution is 2.22. The summed E-state index contributed by atoms with van der Waals surface area (Å²) in [5.41, 5.74) is 0.879. The van der Waals surface area contributed by atoms with E-state index >= 15 is 0 Å². The molecule has 0 bridgehead atoms. The quantitative estimate of drug-likeness (QED) is 0.878. The second kappa shape index (κ2) is 5.94. The Morgan fingerprint density at radius 2 is 2.00 bits per heavy atom. The normalized spacial score (nSPS) is 17.5. The summed E-state index contributed by atoms with van der Waals surface area (Å²) in [5, 5.41) is 4.74. The Balaban J connectivity index is 1.76. The van der Waals surface area contributed by atoms with Crippen LogP contribution in [0.25, 0.3) is 10.9 Å². The number of anilines is 1. The molecule has 1 aromatic heterocycles. The van der Waals surface area contributed by atoms with Gasteiger partial charge in [0.15, 0.2) is 0 Å². The van der Waals surface area contributed by atoms with E-state index in [9.17, 15) is 0 Å². The van der Waals surface area contributed by atoms with Crippen LogP contribution in [-0.2, 0) is 0 Å². The largest absolute Gasteiger partial charge is 0.368 e. The number of nitrogens with one attached hydrogen (secondary N) is 1. The van der Waals surface area contributed by atoms with Crippen molar-refractivity contribution >= 4 is 28.3 Å². The average Bonchev–Trinajstić information content (AvgIpc) is 2.98. The lowest BCUT2D eigenvalue weighted by molar-refractivity contribution is 0.269. The zero-order valence-electron chi connectivity index (χ0n) is 11.6. The summed E-state index contributed by atoms with van der Waals surface area (Å²) in [6.45, 7) is 5.53. The van der Waals surface area contributed by atoms with E-state index in [0.29, 0.717) is 11.3 Å². The Bertz CT molecular complexity index is 595. The Hall–Kier alpha value is -1.39. The number of benzene rings is 1. The lowest BCUT2D eigenvalue weighted by atomic mass is 10.2. The zero-order valence-corrected chi connectivity index (χ0v) is 12.4. The van der Waals surface area contributed by atoms with Crippen molar-refractivity contribution in [2.24, 2.45) is 0 Å². The topological polar surface area (TPSA) is 41.1 Å². The molecule has 1 fully saturated rings. The molecule has 1 atom stereocenters. The lowest BCUT2D eigenvalue weighted by Gasteiger charge is -2.24. The first-order valence-corrected chi connectivity index (χ1v) is 7.52. The average molecular weight is 291 g/mol. The molecule has 4 nitrogen and oxygen atoms in total. The Labute approximate surface area is 124 Å². The van der Waals surface area contributed by atoms with E-state index in [4.69, 9.17) is 11.6 Å². The number of hydrogen-bond acceptors (Lipinski definition) is 4. The van der Waals surface area contributed by atoms with Gasteiger partial charge in [-0.1, -0.05) is 12.1 Å². The van der Waals surface area contributed by atoms with E-state index in [1.54, 1.807) is 0 Å². The van der Waals surface area contributed by atoms with E-state index in [-0.39, 0.29) is 0 Å². The molecule has 0 amide bonds. The Morgan fingerprint density at radius 3 is 2.80 bits per heavy atom. The van der Waals surface area contributed by atoms with Gasteiger partial charge in [0.1, 0.15) is 5.82 Å². The highest BCUT2D eigenvalue weighted by molar-refractivity contribution is 6.28. The van der Waals surface area contributed by atoms with Gasteiger partial charge in [-0.15, -0.1) is 0 Å². The van der Waals surface area contributed by atoms with Crippen molar-refractivity contribution in [3.63, 3.8) is 0 Å². The van der Waals surface area contributed by atoms with Crippen LogP contribution in [0.4, 0.5) is 5.82 Å². The minimum Gasteiger partial charge on any atom is -0.368 e. The van der Waals surface area contributed by atoms with Crippen LogP contribution < -0.4 is 5.32 Å².